The van der Waals surface area contributed by atoms with Crippen LogP contribution in [0.1, 0.15) is 15.9 Å². The quantitative estimate of drug-likeness (QED) is 0.548. The summed E-state index contributed by atoms with van der Waals surface area (Å²) in [4.78, 5) is 27.7. The van der Waals surface area contributed by atoms with Gasteiger partial charge in [0.1, 0.15) is 5.75 Å². The maximum Gasteiger partial charge on any atom is 0.266 e. The van der Waals surface area contributed by atoms with E-state index < -0.39 is 0 Å². The number of carbonyl (C=O) groups excluding carboxylic acids is 1. The Balaban J connectivity index is 1.78. The van der Waals surface area contributed by atoms with E-state index in [0.29, 0.717) is 20.5 Å². The van der Waals surface area contributed by atoms with Gasteiger partial charge in [-0.25, -0.2) is 0 Å². The molecule has 1 heterocycles. The predicted molar refractivity (Wildman–Crippen MR) is 113 cm³/mol. The van der Waals surface area contributed by atoms with Gasteiger partial charge in [-0.15, -0.1) is 11.3 Å². The molecule has 0 radical (unpaired) electrons. The van der Waals surface area contributed by atoms with Gasteiger partial charge in [0.05, 0.1) is 21.9 Å². The fraction of sp³-hybridized carbons (Fsp3) is 0.0435. The molecule has 0 spiro atoms. The largest absolute Gasteiger partial charge is 0.496 e. The number of methoxy groups -OCH3 is 1. The first-order valence-corrected chi connectivity index (χ1v) is 9.55. The molecule has 0 bridgehead atoms. The summed E-state index contributed by atoms with van der Waals surface area (Å²) in [6.07, 6.45) is 3.29. The van der Waals surface area contributed by atoms with Crippen LogP contribution in [0.4, 0.5) is 0 Å². The van der Waals surface area contributed by atoms with E-state index in [1.165, 1.54) is 24.5 Å². The SMILES string of the molecule is COc1ccccc1C(=O)/C=c1\[nH]c(=O)/c(=C\c2cccc3ccccc23)s1. The Morgan fingerprint density at radius 2 is 1.75 bits per heavy atom. The summed E-state index contributed by atoms with van der Waals surface area (Å²) < 4.78 is 6.30. The first-order chi connectivity index (χ1) is 13.7. The van der Waals surface area contributed by atoms with Crippen molar-refractivity contribution in [3.8, 4) is 5.75 Å². The van der Waals surface area contributed by atoms with Gasteiger partial charge in [0, 0.05) is 6.08 Å². The van der Waals surface area contributed by atoms with Crippen molar-refractivity contribution in [1.82, 2.24) is 4.98 Å². The number of hydrogen-bond donors (Lipinski definition) is 1. The Hall–Kier alpha value is -3.44. The second-order valence-electron chi connectivity index (χ2n) is 6.21. The van der Waals surface area contributed by atoms with Crippen molar-refractivity contribution in [3.05, 3.63) is 97.4 Å². The van der Waals surface area contributed by atoms with E-state index in [-0.39, 0.29) is 11.3 Å². The monoisotopic (exact) mass is 387 g/mol. The van der Waals surface area contributed by atoms with Crippen molar-refractivity contribution in [2.45, 2.75) is 0 Å². The van der Waals surface area contributed by atoms with Gasteiger partial charge in [-0.1, -0.05) is 54.6 Å². The number of carbonyl (C=O) groups is 1. The van der Waals surface area contributed by atoms with Gasteiger partial charge < -0.3 is 9.72 Å². The third kappa shape index (κ3) is 3.52. The number of Topliss-reactive ketones (excluding diaryl/α,β-unsaturated/α-hetero) is 1. The fourth-order valence-corrected chi connectivity index (χ4v) is 3.96. The van der Waals surface area contributed by atoms with Gasteiger partial charge in [0.2, 0.25) is 0 Å². The first kappa shape index (κ1) is 17.9. The Labute approximate surface area is 165 Å². The third-order valence-electron chi connectivity index (χ3n) is 4.43. The first-order valence-electron chi connectivity index (χ1n) is 8.73. The maximum absolute atomic E-state index is 12.6. The van der Waals surface area contributed by atoms with Gasteiger partial charge in [-0.2, -0.15) is 0 Å². The van der Waals surface area contributed by atoms with E-state index in [0.717, 1.165) is 16.3 Å². The van der Waals surface area contributed by atoms with Gasteiger partial charge in [0.15, 0.2) is 5.78 Å². The van der Waals surface area contributed by atoms with Crippen molar-refractivity contribution < 1.29 is 9.53 Å². The van der Waals surface area contributed by atoms with Crippen LogP contribution in [0.2, 0.25) is 0 Å². The molecule has 1 N–H and O–H groups in total. The van der Waals surface area contributed by atoms with E-state index >= 15 is 0 Å². The van der Waals surface area contributed by atoms with Crippen LogP contribution in [0.25, 0.3) is 22.9 Å². The molecule has 0 aliphatic heterocycles. The van der Waals surface area contributed by atoms with Crippen molar-refractivity contribution in [1.29, 1.82) is 0 Å². The van der Waals surface area contributed by atoms with E-state index in [1.54, 1.807) is 24.3 Å². The number of ether oxygens (including phenoxy) is 1. The van der Waals surface area contributed by atoms with E-state index in [1.807, 2.05) is 48.5 Å². The lowest BCUT2D eigenvalue weighted by Gasteiger charge is -2.03. The lowest BCUT2D eigenvalue weighted by molar-refractivity contribution is 0.105. The number of rotatable bonds is 4. The zero-order valence-corrected chi connectivity index (χ0v) is 16.0. The minimum Gasteiger partial charge on any atom is -0.496 e. The van der Waals surface area contributed by atoms with E-state index in [9.17, 15) is 9.59 Å². The third-order valence-corrected chi connectivity index (χ3v) is 5.39. The second kappa shape index (κ2) is 7.66. The number of hydrogen-bond acceptors (Lipinski definition) is 4. The number of fused-ring (bicyclic) bond motifs is 1. The van der Waals surface area contributed by atoms with Crippen LogP contribution in [0, 0.1) is 0 Å². The summed E-state index contributed by atoms with van der Waals surface area (Å²) in [6.45, 7) is 0. The summed E-state index contributed by atoms with van der Waals surface area (Å²) in [5.41, 5.74) is 1.21. The van der Waals surface area contributed by atoms with Crippen molar-refractivity contribution in [2.24, 2.45) is 0 Å². The summed E-state index contributed by atoms with van der Waals surface area (Å²) in [5, 5.41) is 2.19. The Morgan fingerprint density at radius 1 is 1.00 bits per heavy atom. The number of aromatic nitrogens is 1. The molecule has 5 heteroatoms. The maximum atomic E-state index is 12.6. The topological polar surface area (TPSA) is 59.2 Å². The highest BCUT2D eigenvalue weighted by molar-refractivity contribution is 7.07. The molecule has 0 saturated heterocycles. The molecule has 4 nitrogen and oxygen atoms in total. The number of nitrogens with one attached hydrogen (secondary N) is 1. The molecule has 0 atom stereocenters. The zero-order chi connectivity index (χ0) is 19.5. The predicted octanol–water partition coefficient (Wildman–Crippen LogP) is 3.09. The van der Waals surface area contributed by atoms with Crippen molar-refractivity contribution >= 4 is 40.0 Å². The second-order valence-corrected chi connectivity index (χ2v) is 7.29. The Morgan fingerprint density at radius 3 is 2.61 bits per heavy atom. The molecule has 0 amide bonds. The molecule has 3 aromatic carbocycles. The van der Waals surface area contributed by atoms with E-state index in [2.05, 4.69) is 4.98 Å². The molecule has 1 aromatic heterocycles. The highest BCUT2D eigenvalue weighted by atomic mass is 32.1. The average Bonchev–Trinajstić information content (AvgIpc) is 3.06. The highest BCUT2D eigenvalue weighted by Gasteiger charge is 2.09. The molecule has 4 aromatic rings. The van der Waals surface area contributed by atoms with Crippen LogP contribution in [0.15, 0.2) is 71.5 Å². The minimum absolute atomic E-state index is 0.211. The Kier molecular flexibility index (Phi) is 4.91. The molecule has 4 rings (SSSR count). The molecule has 28 heavy (non-hydrogen) atoms. The zero-order valence-electron chi connectivity index (χ0n) is 15.1. The van der Waals surface area contributed by atoms with Gasteiger partial charge in [0.25, 0.3) is 5.56 Å². The smallest absolute Gasteiger partial charge is 0.266 e. The van der Waals surface area contributed by atoms with Crippen LogP contribution in [0.5, 0.6) is 5.75 Å². The molecule has 138 valence electrons. The van der Waals surface area contributed by atoms with Gasteiger partial charge in [-0.3, -0.25) is 9.59 Å². The number of aromatic amines is 1. The summed E-state index contributed by atoms with van der Waals surface area (Å²) in [6, 6.07) is 21.0. The number of H-pyrrole nitrogens is 1. The summed E-state index contributed by atoms with van der Waals surface area (Å²) >= 11 is 1.26. The summed E-state index contributed by atoms with van der Waals surface area (Å²) in [7, 11) is 1.52. The Bertz CT molecular complexity index is 1340. The molecule has 0 aliphatic carbocycles. The molecule has 0 unspecified atom stereocenters. The van der Waals surface area contributed by atoms with Crippen molar-refractivity contribution in [3.63, 3.8) is 0 Å². The number of ketones is 1. The van der Waals surface area contributed by atoms with Crippen LogP contribution in [0.3, 0.4) is 0 Å². The molecule has 0 fully saturated rings. The van der Waals surface area contributed by atoms with Gasteiger partial charge in [-0.05, 0) is 34.5 Å². The van der Waals surface area contributed by atoms with Crippen LogP contribution < -0.4 is 19.5 Å². The molecular formula is C23H17NO3S. The van der Waals surface area contributed by atoms with E-state index in [4.69, 9.17) is 4.74 Å². The molecule has 0 aliphatic rings. The normalized spacial score (nSPS) is 12.5. The number of para-hydroxylation sites is 1. The van der Waals surface area contributed by atoms with Crippen LogP contribution in [-0.2, 0) is 0 Å². The minimum atomic E-state index is -0.216. The van der Waals surface area contributed by atoms with Crippen LogP contribution >= 0.6 is 11.3 Å². The van der Waals surface area contributed by atoms with Gasteiger partial charge >= 0.3 is 0 Å². The average molecular weight is 387 g/mol. The lowest BCUT2D eigenvalue weighted by atomic mass is 10.0. The lowest BCUT2D eigenvalue weighted by Crippen LogP contribution is -2.20. The molecule has 0 saturated carbocycles. The number of thiazole rings is 1. The number of benzene rings is 3. The fourth-order valence-electron chi connectivity index (χ4n) is 3.09. The van der Waals surface area contributed by atoms with Crippen molar-refractivity contribution in [2.75, 3.05) is 7.11 Å². The van der Waals surface area contributed by atoms with Crippen LogP contribution in [-0.4, -0.2) is 17.9 Å². The summed E-state index contributed by atoms with van der Waals surface area (Å²) in [5.74, 6) is 0.289. The highest BCUT2D eigenvalue weighted by Crippen LogP contribution is 2.19. The molecular weight excluding hydrogens is 370 g/mol. The standard InChI is InChI=1S/C23H17NO3S/c1-27-20-12-5-4-11-18(20)19(25)14-22-24-23(26)21(28-22)13-16-9-6-8-15-7-2-3-10-17(15)16/h2-14H,1H3,(H,24,26)/b21-13+,22-14+.